The molecule has 1 amide bonds. The van der Waals surface area contributed by atoms with Gasteiger partial charge in [0.1, 0.15) is 6.54 Å². The van der Waals surface area contributed by atoms with Crippen LogP contribution in [0.15, 0.2) is 4.52 Å². The van der Waals surface area contributed by atoms with Crippen LogP contribution in [0.1, 0.15) is 56.7 Å². The van der Waals surface area contributed by atoms with Gasteiger partial charge in [-0.15, -0.1) is 24.8 Å². The molecular weight excluding hydrogens is 377 g/mol. The van der Waals surface area contributed by atoms with Crippen molar-refractivity contribution in [2.45, 2.75) is 69.5 Å². The first-order chi connectivity index (χ1) is 11.7. The molecule has 0 aromatic carbocycles. The number of carbonyl (C=O) groups excluding carboxylic acids is 1. The Morgan fingerprint density at radius 2 is 1.85 bits per heavy atom. The molecule has 1 aromatic rings. The van der Waals surface area contributed by atoms with Gasteiger partial charge in [-0.2, -0.15) is 4.98 Å². The van der Waals surface area contributed by atoms with Crippen LogP contribution >= 0.6 is 24.8 Å². The molecule has 0 radical (unpaired) electrons. The number of hydrogen-bond acceptors (Lipinski definition) is 6. The molecule has 0 saturated carbocycles. The number of halogens is 2. The molecule has 3 aliphatic heterocycles. The molecule has 4 rings (SSSR count). The molecule has 4 heterocycles. The minimum absolute atomic E-state index is 0. The molecule has 1 aromatic heterocycles. The van der Waals surface area contributed by atoms with Crippen LogP contribution in [-0.4, -0.2) is 57.1 Å². The van der Waals surface area contributed by atoms with Crippen LogP contribution in [-0.2, 0) is 17.8 Å². The van der Waals surface area contributed by atoms with Crippen molar-refractivity contribution in [1.29, 1.82) is 0 Å². The summed E-state index contributed by atoms with van der Waals surface area (Å²) < 4.78 is 5.43. The number of hydrogen-bond donors (Lipinski definition) is 1. The van der Waals surface area contributed by atoms with E-state index in [0.29, 0.717) is 12.4 Å². The van der Waals surface area contributed by atoms with Gasteiger partial charge < -0.3 is 15.2 Å². The standard InChI is InChI=1S/C17H27N5O2.2ClH/c18-13-5-1-2-8-21(16(13)23)12-15-19-14(20-24-15)11-17-6-3-9-22(17)10-4-7-17;;/h13H,1-12,18H2;2*1H. The predicted octanol–water partition coefficient (Wildman–Crippen LogP) is 1.92. The van der Waals surface area contributed by atoms with Gasteiger partial charge in [-0.1, -0.05) is 5.16 Å². The van der Waals surface area contributed by atoms with Crippen LogP contribution in [0.4, 0.5) is 0 Å². The highest BCUT2D eigenvalue weighted by molar-refractivity contribution is 5.85. The summed E-state index contributed by atoms with van der Waals surface area (Å²) in [7, 11) is 0. The Hall–Kier alpha value is -0.890. The van der Waals surface area contributed by atoms with Gasteiger partial charge in [0.05, 0.1) is 6.04 Å². The van der Waals surface area contributed by atoms with Gasteiger partial charge in [0, 0.05) is 18.5 Å². The molecule has 0 spiro atoms. The molecule has 7 nitrogen and oxygen atoms in total. The smallest absolute Gasteiger partial charge is 0.246 e. The zero-order valence-electron chi connectivity index (χ0n) is 15.1. The molecule has 2 N–H and O–H groups in total. The SMILES string of the molecule is Cl.Cl.NC1CCCCN(Cc2nc(CC34CCCN3CCC4)no2)C1=O. The van der Waals surface area contributed by atoms with Gasteiger partial charge in [-0.25, -0.2) is 0 Å². The lowest BCUT2D eigenvalue weighted by atomic mass is 9.90. The highest BCUT2D eigenvalue weighted by Gasteiger charge is 2.45. The van der Waals surface area contributed by atoms with E-state index < -0.39 is 0 Å². The predicted molar refractivity (Wildman–Crippen MR) is 103 cm³/mol. The Balaban J connectivity index is 0.00000121. The van der Waals surface area contributed by atoms with E-state index in [9.17, 15) is 4.79 Å². The highest BCUT2D eigenvalue weighted by Crippen LogP contribution is 2.40. The molecule has 3 aliphatic rings. The number of carbonyl (C=O) groups is 1. The Morgan fingerprint density at radius 3 is 2.58 bits per heavy atom. The maximum Gasteiger partial charge on any atom is 0.246 e. The molecule has 0 bridgehead atoms. The lowest BCUT2D eigenvalue weighted by Gasteiger charge is -2.30. The molecule has 9 heteroatoms. The maximum atomic E-state index is 12.3. The third-order valence-electron chi connectivity index (χ3n) is 5.96. The highest BCUT2D eigenvalue weighted by atomic mass is 35.5. The van der Waals surface area contributed by atoms with E-state index in [4.69, 9.17) is 10.3 Å². The Labute approximate surface area is 166 Å². The van der Waals surface area contributed by atoms with Crippen LogP contribution in [0.25, 0.3) is 0 Å². The second-order valence-electron chi connectivity index (χ2n) is 7.56. The first kappa shape index (κ1) is 21.4. The molecule has 0 aliphatic carbocycles. The first-order valence-corrected chi connectivity index (χ1v) is 9.27. The maximum absolute atomic E-state index is 12.3. The number of amides is 1. The summed E-state index contributed by atoms with van der Waals surface area (Å²) >= 11 is 0. The summed E-state index contributed by atoms with van der Waals surface area (Å²) in [6.45, 7) is 3.51. The Morgan fingerprint density at radius 1 is 1.12 bits per heavy atom. The van der Waals surface area contributed by atoms with Crippen molar-refractivity contribution in [2.24, 2.45) is 5.73 Å². The summed E-state index contributed by atoms with van der Waals surface area (Å²) in [4.78, 5) is 21.2. The summed E-state index contributed by atoms with van der Waals surface area (Å²) in [5, 5.41) is 4.19. The molecule has 148 valence electrons. The van der Waals surface area contributed by atoms with Gasteiger partial charge in [0.25, 0.3) is 0 Å². The van der Waals surface area contributed by atoms with Gasteiger partial charge in [-0.05, 0) is 58.0 Å². The van der Waals surface area contributed by atoms with Crippen molar-refractivity contribution in [3.05, 3.63) is 11.7 Å². The van der Waals surface area contributed by atoms with Gasteiger partial charge in [0.2, 0.25) is 11.8 Å². The summed E-state index contributed by atoms with van der Waals surface area (Å²) in [5.41, 5.74) is 6.18. The van der Waals surface area contributed by atoms with Gasteiger partial charge >= 0.3 is 0 Å². The lowest BCUT2D eigenvalue weighted by molar-refractivity contribution is -0.133. The van der Waals surface area contributed by atoms with E-state index in [1.807, 2.05) is 0 Å². The van der Waals surface area contributed by atoms with Crippen molar-refractivity contribution in [2.75, 3.05) is 19.6 Å². The number of aromatic nitrogens is 2. The van der Waals surface area contributed by atoms with E-state index >= 15 is 0 Å². The zero-order valence-corrected chi connectivity index (χ0v) is 16.7. The number of fused-ring (bicyclic) bond motifs is 1. The normalized spacial score (nSPS) is 25.3. The molecule has 26 heavy (non-hydrogen) atoms. The van der Waals surface area contributed by atoms with Crippen molar-refractivity contribution in [3.8, 4) is 0 Å². The summed E-state index contributed by atoms with van der Waals surface area (Å²) in [6.07, 6.45) is 8.62. The number of nitrogens with zero attached hydrogens (tertiary/aromatic N) is 4. The van der Waals surface area contributed by atoms with E-state index in [2.05, 4.69) is 15.0 Å². The molecule has 3 saturated heterocycles. The van der Waals surface area contributed by atoms with E-state index in [-0.39, 0.29) is 42.3 Å². The lowest BCUT2D eigenvalue weighted by Crippen LogP contribution is -2.42. The average molecular weight is 406 g/mol. The van der Waals surface area contributed by atoms with Crippen LogP contribution in [0.5, 0.6) is 0 Å². The van der Waals surface area contributed by atoms with Crippen LogP contribution < -0.4 is 5.73 Å². The average Bonchev–Trinajstić information content (AvgIpc) is 3.22. The largest absolute Gasteiger partial charge is 0.337 e. The molecular formula is C17H29Cl2N5O2. The van der Waals surface area contributed by atoms with Crippen LogP contribution in [0, 0.1) is 0 Å². The fourth-order valence-electron chi connectivity index (χ4n) is 4.69. The fraction of sp³-hybridized carbons (Fsp3) is 0.824. The topological polar surface area (TPSA) is 88.5 Å². The number of nitrogens with two attached hydrogens (primary N) is 1. The van der Waals surface area contributed by atoms with Crippen molar-refractivity contribution >= 4 is 30.7 Å². The van der Waals surface area contributed by atoms with E-state index in [0.717, 1.165) is 38.1 Å². The van der Waals surface area contributed by atoms with Gasteiger partial charge in [-0.3, -0.25) is 9.69 Å². The second kappa shape index (κ2) is 8.87. The molecule has 3 fully saturated rings. The quantitative estimate of drug-likeness (QED) is 0.822. The Bertz CT molecular complexity index is 602. The fourth-order valence-corrected chi connectivity index (χ4v) is 4.69. The molecule has 1 unspecified atom stereocenters. The van der Waals surface area contributed by atoms with Gasteiger partial charge in [0.15, 0.2) is 5.82 Å². The van der Waals surface area contributed by atoms with Crippen LogP contribution in [0.2, 0.25) is 0 Å². The van der Waals surface area contributed by atoms with E-state index in [1.165, 1.54) is 38.8 Å². The minimum Gasteiger partial charge on any atom is -0.337 e. The van der Waals surface area contributed by atoms with Crippen molar-refractivity contribution < 1.29 is 9.32 Å². The number of rotatable bonds is 4. The third-order valence-corrected chi connectivity index (χ3v) is 5.96. The molecule has 1 atom stereocenters. The number of likely N-dealkylation sites (tertiary alicyclic amines) is 1. The van der Waals surface area contributed by atoms with Crippen molar-refractivity contribution in [3.63, 3.8) is 0 Å². The third kappa shape index (κ3) is 4.16. The zero-order chi connectivity index (χ0) is 16.6. The van der Waals surface area contributed by atoms with E-state index in [1.54, 1.807) is 4.90 Å². The summed E-state index contributed by atoms with van der Waals surface area (Å²) in [5.74, 6) is 1.32. The second-order valence-corrected chi connectivity index (χ2v) is 7.56. The monoisotopic (exact) mass is 405 g/mol. The van der Waals surface area contributed by atoms with Crippen LogP contribution in [0.3, 0.4) is 0 Å². The summed E-state index contributed by atoms with van der Waals surface area (Å²) in [6, 6.07) is -0.390. The first-order valence-electron chi connectivity index (χ1n) is 9.27. The van der Waals surface area contributed by atoms with Crippen molar-refractivity contribution in [1.82, 2.24) is 19.9 Å². The Kier molecular flexibility index (Phi) is 7.30. The minimum atomic E-state index is -0.390.